The molecule has 1 heterocycles. The van der Waals surface area contributed by atoms with Crippen molar-refractivity contribution in [3.05, 3.63) is 64.7 Å². The molecule has 1 aliphatic carbocycles. The van der Waals surface area contributed by atoms with Crippen molar-refractivity contribution in [1.82, 2.24) is 4.90 Å². The Morgan fingerprint density at radius 1 is 1.03 bits per heavy atom. The molecule has 2 atom stereocenters. The van der Waals surface area contributed by atoms with Gasteiger partial charge in [-0.05, 0) is 61.1 Å². The average Bonchev–Trinajstić information content (AvgIpc) is 2.85. The first-order chi connectivity index (χ1) is 15.6. The lowest BCUT2D eigenvalue weighted by Crippen LogP contribution is -2.48. The Bertz CT molecular complexity index is 829. The molecule has 0 spiro atoms. The molecule has 0 unspecified atom stereocenters. The van der Waals surface area contributed by atoms with Gasteiger partial charge in [-0.2, -0.15) is 0 Å². The van der Waals surface area contributed by atoms with E-state index in [-0.39, 0.29) is 11.8 Å². The molecule has 4 rings (SSSR count). The summed E-state index contributed by atoms with van der Waals surface area (Å²) in [7, 11) is 0. The van der Waals surface area contributed by atoms with E-state index in [1.165, 1.54) is 19.3 Å². The number of hydrogen-bond donors (Lipinski definition) is 1. The molecule has 0 bridgehead atoms. The van der Waals surface area contributed by atoms with E-state index in [0.29, 0.717) is 6.61 Å². The lowest BCUT2D eigenvalue weighted by molar-refractivity contribution is -0.0758. The number of halogens is 1. The topological polar surface area (TPSA) is 41.9 Å². The number of rotatable bonds is 8. The van der Waals surface area contributed by atoms with Crippen LogP contribution in [0, 0.1) is 5.92 Å². The first-order valence-electron chi connectivity index (χ1n) is 12.1. The fourth-order valence-electron chi connectivity index (χ4n) is 5.48. The normalized spacial score (nSPS) is 21.1. The van der Waals surface area contributed by atoms with Gasteiger partial charge in [0.25, 0.3) is 0 Å². The van der Waals surface area contributed by atoms with Crippen LogP contribution in [0.4, 0.5) is 0 Å². The lowest BCUT2D eigenvalue weighted by Gasteiger charge is -2.46. The van der Waals surface area contributed by atoms with Crippen LogP contribution < -0.4 is 4.74 Å². The summed E-state index contributed by atoms with van der Waals surface area (Å²) in [6, 6.07) is 16.2. The zero-order chi connectivity index (χ0) is 22.4. The van der Waals surface area contributed by atoms with Gasteiger partial charge in [-0.1, -0.05) is 55.1 Å². The minimum absolute atomic E-state index is 0.0566. The Balaban J connectivity index is 1.76. The zero-order valence-electron chi connectivity index (χ0n) is 19.1. The summed E-state index contributed by atoms with van der Waals surface area (Å²) < 4.78 is 11.3. The summed E-state index contributed by atoms with van der Waals surface area (Å²) in [6.45, 7) is 6.71. The van der Waals surface area contributed by atoms with Crippen LogP contribution in [0.25, 0.3) is 0 Å². The highest BCUT2D eigenvalue weighted by atomic mass is 35.5. The summed E-state index contributed by atoms with van der Waals surface area (Å²) in [5, 5.41) is 13.4. The van der Waals surface area contributed by atoms with E-state index in [1.54, 1.807) is 0 Å². The van der Waals surface area contributed by atoms with E-state index in [9.17, 15) is 5.11 Å². The van der Waals surface area contributed by atoms with Crippen molar-refractivity contribution in [2.24, 2.45) is 5.92 Å². The second kappa shape index (κ2) is 11.0. The number of aliphatic hydroxyl groups is 1. The fraction of sp³-hybridized carbons (Fsp3) is 0.556. The quantitative estimate of drug-likeness (QED) is 0.558. The Morgan fingerprint density at radius 2 is 1.69 bits per heavy atom. The van der Waals surface area contributed by atoms with Gasteiger partial charge in [0.15, 0.2) is 0 Å². The molecule has 1 saturated carbocycles. The Labute approximate surface area is 197 Å². The molecular formula is C27H36ClNO3. The third-order valence-corrected chi connectivity index (χ3v) is 7.46. The van der Waals surface area contributed by atoms with Gasteiger partial charge >= 0.3 is 0 Å². The van der Waals surface area contributed by atoms with Crippen LogP contribution in [0.1, 0.15) is 56.1 Å². The van der Waals surface area contributed by atoms with Crippen LogP contribution in [0.2, 0.25) is 5.02 Å². The van der Waals surface area contributed by atoms with Crippen LogP contribution in [0.5, 0.6) is 5.75 Å². The summed E-state index contributed by atoms with van der Waals surface area (Å²) in [6.07, 6.45) is 5.71. The molecule has 0 radical (unpaired) electrons. The first kappa shape index (κ1) is 23.6. The van der Waals surface area contributed by atoms with Crippen molar-refractivity contribution in [3.63, 3.8) is 0 Å². The molecule has 0 aromatic heterocycles. The summed E-state index contributed by atoms with van der Waals surface area (Å²) in [5.41, 5.74) is 1.17. The monoisotopic (exact) mass is 457 g/mol. The summed E-state index contributed by atoms with van der Waals surface area (Å²) >= 11 is 6.23. The van der Waals surface area contributed by atoms with Crippen molar-refractivity contribution in [2.45, 2.75) is 50.5 Å². The molecule has 0 amide bonds. The molecule has 5 heteroatoms. The molecule has 1 N–H and O–H groups in total. The van der Waals surface area contributed by atoms with E-state index in [0.717, 1.165) is 67.6 Å². The third kappa shape index (κ3) is 5.31. The van der Waals surface area contributed by atoms with E-state index in [4.69, 9.17) is 21.1 Å². The fourth-order valence-corrected chi connectivity index (χ4v) is 5.61. The SMILES string of the molecule is CCOc1ccc([C@](O)(C2CCCCC2)[C@@H](CN2CCOCC2)c2ccc(Cl)cc2)cc1. The Hall–Kier alpha value is -1.59. The Kier molecular flexibility index (Phi) is 8.12. The van der Waals surface area contributed by atoms with Crippen molar-refractivity contribution >= 4 is 11.6 Å². The van der Waals surface area contributed by atoms with E-state index in [2.05, 4.69) is 29.2 Å². The van der Waals surface area contributed by atoms with Gasteiger partial charge in [0.2, 0.25) is 0 Å². The molecule has 2 fully saturated rings. The largest absolute Gasteiger partial charge is 0.494 e. The Morgan fingerprint density at radius 3 is 2.31 bits per heavy atom. The highest BCUT2D eigenvalue weighted by molar-refractivity contribution is 6.30. The van der Waals surface area contributed by atoms with Gasteiger partial charge in [0, 0.05) is 30.6 Å². The minimum atomic E-state index is -0.961. The van der Waals surface area contributed by atoms with Gasteiger partial charge in [0.05, 0.1) is 19.8 Å². The second-order valence-electron chi connectivity index (χ2n) is 9.13. The van der Waals surface area contributed by atoms with E-state index in [1.807, 2.05) is 31.2 Å². The average molecular weight is 458 g/mol. The van der Waals surface area contributed by atoms with Crippen molar-refractivity contribution in [3.8, 4) is 5.75 Å². The van der Waals surface area contributed by atoms with Gasteiger partial charge in [0.1, 0.15) is 11.4 Å². The maximum atomic E-state index is 12.7. The molecule has 1 saturated heterocycles. The van der Waals surface area contributed by atoms with Crippen LogP contribution >= 0.6 is 11.6 Å². The zero-order valence-corrected chi connectivity index (χ0v) is 19.9. The van der Waals surface area contributed by atoms with Gasteiger partial charge in [-0.15, -0.1) is 0 Å². The van der Waals surface area contributed by atoms with Gasteiger partial charge < -0.3 is 14.6 Å². The van der Waals surface area contributed by atoms with Crippen molar-refractivity contribution in [1.29, 1.82) is 0 Å². The summed E-state index contributed by atoms with van der Waals surface area (Å²) in [5.74, 6) is 1.01. The number of nitrogens with zero attached hydrogens (tertiary/aromatic N) is 1. The number of benzene rings is 2. The second-order valence-corrected chi connectivity index (χ2v) is 9.57. The third-order valence-electron chi connectivity index (χ3n) is 7.20. The summed E-state index contributed by atoms with van der Waals surface area (Å²) in [4.78, 5) is 2.44. The molecule has 2 aromatic carbocycles. The lowest BCUT2D eigenvalue weighted by atomic mass is 9.65. The van der Waals surface area contributed by atoms with Crippen LogP contribution in [-0.2, 0) is 10.3 Å². The molecular weight excluding hydrogens is 422 g/mol. The highest BCUT2D eigenvalue weighted by Gasteiger charge is 2.46. The molecule has 1 aliphatic heterocycles. The van der Waals surface area contributed by atoms with Crippen molar-refractivity contribution < 1.29 is 14.6 Å². The van der Waals surface area contributed by atoms with E-state index < -0.39 is 5.60 Å². The number of morpholine rings is 1. The van der Waals surface area contributed by atoms with Gasteiger partial charge in [-0.3, -0.25) is 4.90 Å². The van der Waals surface area contributed by atoms with Crippen LogP contribution in [-0.4, -0.2) is 49.5 Å². The first-order valence-corrected chi connectivity index (χ1v) is 12.5. The van der Waals surface area contributed by atoms with Crippen molar-refractivity contribution in [2.75, 3.05) is 39.5 Å². The maximum absolute atomic E-state index is 12.7. The number of hydrogen-bond acceptors (Lipinski definition) is 4. The molecule has 4 nitrogen and oxygen atoms in total. The maximum Gasteiger partial charge on any atom is 0.119 e. The molecule has 2 aliphatic rings. The minimum Gasteiger partial charge on any atom is -0.494 e. The van der Waals surface area contributed by atoms with E-state index >= 15 is 0 Å². The predicted molar refractivity (Wildman–Crippen MR) is 130 cm³/mol. The van der Waals surface area contributed by atoms with Crippen LogP contribution in [0.3, 0.4) is 0 Å². The molecule has 2 aromatic rings. The van der Waals surface area contributed by atoms with Crippen LogP contribution in [0.15, 0.2) is 48.5 Å². The highest BCUT2D eigenvalue weighted by Crippen LogP contribution is 2.49. The van der Waals surface area contributed by atoms with Gasteiger partial charge in [-0.25, -0.2) is 0 Å². The smallest absolute Gasteiger partial charge is 0.119 e. The number of ether oxygens (including phenoxy) is 2. The predicted octanol–water partition coefficient (Wildman–Crippen LogP) is 5.62. The molecule has 174 valence electrons. The molecule has 32 heavy (non-hydrogen) atoms. The standard InChI is InChI=1S/C27H36ClNO3/c1-2-32-25-14-10-23(11-15-25)27(30,22-6-4-3-5-7-22)26(20-29-16-18-31-19-17-29)21-8-12-24(28)13-9-21/h8-15,22,26,30H,2-7,16-20H2,1H3/t26-,27+/m0/s1.